The van der Waals surface area contributed by atoms with Gasteiger partial charge in [-0.2, -0.15) is 0 Å². The second-order valence-electron chi connectivity index (χ2n) is 2.29. The maximum atomic E-state index is 9.80. The molecule has 0 bridgehead atoms. The van der Waals surface area contributed by atoms with Crippen molar-refractivity contribution < 1.29 is 15.0 Å². The molecule has 0 fully saturated rings. The molecule has 0 aliphatic carbocycles. The van der Waals surface area contributed by atoms with E-state index in [2.05, 4.69) is 0 Å². The second-order valence-corrected chi connectivity index (χ2v) is 2.29. The average molecular weight is 146 g/mol. The van der Waals surface area contributed by atoms with Crippen LogP contribution in [0.1, 0.15) is 32.1 Å². The average Bonchev–Trinajstić information content (AvgIpc) is 1.87. The van der Waals surface area contributed by atoms with Gasteiger partial charge < -0.3 is 15.0 Å². The molecule has 3 nitrogen and oxygen atoms in total. The molecule has 0 spiro atoms. The van der Waals surface area contributed by atoms with E-state index in [1.165, 1.54) is 0 Å². The smallest absolute Gasteiger partial charge is 0.151 e. The molecule has 0 radical (unpaired) electrons. The molecule has 0 unspecified atom stereocenters. The molecule has 0 saturated heterocycles. The van der Waals surface area contributed by atoms with Crippen LogP contribution in [-0.2, 0) is 4.79 Å². The van der Waals surface area contributed by atoms with Gasteiger partial charge in [-0.3, -0.25) is 0 Å². The van der Waals surface area contributed by atoms with Gasteiger partial charge >= 0.3 is 0 Å². The zero-order chi connectivity index (χ0) is 7.82. The molecule has 0 atom stereocenters. The van der Waals surface area contributed by atoms with Crippen LogP contribution in [-0.4, -0.2) is 22.8 Å². The first kappa shape index (κ1) is 9.59. The fourth-order valence-corrected chi connectivity index (χ4v) is 0.731. The first-order valence-electron chi connectivity index (χ1n) is 3.57. The summed E-state index contributed by atoms with van der Waals surface area (Å²) in [6.45, 7) is 0. The van der Waals surface area contributed by atoms with E-state index >= 15 is 0 Å². The van der Waals surface area contributed by atoms with Crippen molar-refractivity contribution in [3.05, 3.63) is 0 Å². The Labute approximate surface area is 60.7 Å². The van der Waals surface area contributed by atoms with Gasteiger partial charge in [0.25, 0.3) is 0 Å². The van der Waals surface area contributed by atoms with Crippen molar-refractivity contribution in [1.82, 2.24) is 0 Å². The Hall–Kier alpha value is -0.410. The minimum atomic E-state index is -1.18. The van der Waals surface area contributed by atoms with Crippen LogP contribution >= 0.6 is 0 Å². The van der Waals surface area contributed by atoms with Gasteiger partial charge in [0, 0.05) is 6.42 Å². The molecule has 0 aromatic rings. The number of aliphatic hydroxyl groups excluding tert-OH is 1. The van der Waals surface area contributed by atoms with Gasteiger partial charge in [0.1, 0.15) is 6.29 Å². The van der Waals surface area contributed by atoms with E-state index < -0.39 is 6.29 Å². The lowest BCUT2D eigenvalue weighted by Crippen LogP contribution is -2.02. The van der Waals surface area contributed by atoms with Crippen molar-refractivity contribution >= 4 is 6.29 Å². The van der Waals surface area contributed by atoms with Gasteiger partial charge in [-0.15, -0.1) is 0 Å². The van der Waals surface area contributed by atoms with Crippen molar-refractivity contribution in [1.29, 1.82) is 0 Å². The monoisotopic (exact) mass is 146 g/mol. The summed E-state index contributed by atoms with van der Waals surface area (Å²) in [5, 5.41) is 16.8. The lowest BCUT2D eigenvalue weighted by Gasteiger charge is -2.00. The molecule has 0 saturated carbocycles. The molecular weight excluding hydrogens is 132 g/mol. The lowest BCUT2D eigenvalue weighted by molar-refractivity contribution is -0.107. The van der Waals surface area contributed by atoms with Crippen LogP contribution in [0.5, 0.6) is 0 Å². The van der Waals surface area contributed by atoms with E-state index in [0.717, 1.165) is 25.5 Å². The minimum Gasteiger partial charge on any atom is -0.368 e. The first-order valence-corrected chi connectivity index (χ1v) is 3.57. The molecule has 0 aromatic heterocycles. The van der Waals surface area contributed by atoms with Crippen LogP contribution in [0, 0.1) is 0 Å². The van der Waals surface area contributed by atoms with Crippen molar-refractivity contribution in [3.63, 3.8) is 0 Å². The summed E-state index contributed by atoms with van der Waals surface area (Å²) in [5.41, 5.74) is 0. The standard InChI is InChI=1S/C7H14O3/c8-6-4-2-1-3-5-7(9)10/h6-7,9-10H,1-5H2. The summed E-state index contributed by atoms with van der Waals surface area (Å²) in [6, 6.07) is 0. The number of unbranched alkanes of at least 4 members (excludes halogenated alkanes) is 3. The second kappa shape index (κ2) is 6.71. The summed E-state index contributed by atoms with van der Waals surface area (Å²) in [7, 11) is 0. The van der Waals surface area contributed by atoms with E-state index in [0.29, 0.717) is 12.8 Å². The van der Waals surface area contributed by atoms with E-state index in [1.807, 2.05) is 0 Å². The number of aliphatic hydroxyl groups is 2. The molecule has 0 amide bonds. The molecule has 60 valence electrons. The van der Waals surface area contributed by atoms with Crippen LogP contribution in [0.2, 0.25) is 0 Å². The van der Waals surface area contributed by atoms with E-state index in [1.54, 1.807) is 0 Å². The van der Waals surface area contributed by atoms with Crippen LogP contribution in [0.3, 0.4) is 0 Å². The fraction of sp³-hybridized carbons (Fsp3) is 0.857. The number of carbonyl (C=O) groups excluding carboxylic acids is 1. The Balaban J connectivity index is 2.83. The first-order chi connectivity index (χ1) is 4.77. The molecule has 0 aliphatic heterocycles. The predicted octanol–water partition coefficient (Wildman–Crippen LogP) is 0.446. The zero-order valence-electron chi connectivity index (χ0n) is 5.99. The highest BCUT2D eigenvalue weighted by Crippen LogP contribution is 2.02. The number of hydrogen-bond acceptors (Lipinski definition) is 3. The van der Waals surface area contributed by atoms with Gasteiger partial charge in [0.05, 0.1) is 0 Å². The Morgan fingerprint density at radius 3 is 2.40 bits per heavy atom. The summed E-state index contributed by atoms with van der Waals surface area (Å²) in [4.78, 5) is 9.80. The Morgan fingerprint density at radius 1 is 1.20 bits per heavy atom. The van der Waals surface area contributed by atoms with E-state index in [-0.39, 0.29) is 0 Å². The third-order valence-corrected chi connectivity index (χ3v) is 1.28. The Morgan fingerprint density at radius 2 is 1.90 bits per heavy atom. The fourth-order valence-electron chi connectivity index (χ4n) is 0.731. The molecule has 0 aliphatic rings. The van der Waals surface area contributed by atoms with Crippen molar-refractivity contribution in [2.45, 2.75) is 38.4 Å². The van der Waals surface area contributed by atoms with Gasteiger partial charge in [-0.05, 0) is 19.3 Å². The zero-order valence-corrected chi connectivity index (χ0v) is 5.99. The number of aldehydes is 1. The largest absolute Gasteiger partial charge is 0.368 e. The summed E-state index contributed by atoms with van der Waals surface area (Å²) in [6.07, 6.45) is 3.24. The highest BCUT2D eigenvalue weighted by Gasteiger charge is 1.95. The summed E-state index contributed by atoms with van der Waals surface area (Å²) in [5.74, 6) is 0. The van der Waals surface area contributed by atoms with Gasteiger partial charge in [-0.1, -0.05) is 6.42 Å². The SMILES string of the molecule is O=CCCCCCC(O)O. The Bertz CT molecular complexity index is 80.9. The van der Waals surface area contributed by atoms with E-state index in [4.69, 9.17) is 10.2 Å². The van der Waals surface area contributed by atoms with E-state index in [9.17, 15) is 4.79 Å². The molecule has 0 heterocycles. The molecule has 0 aromatic carbocycles. The van der Waals surface area contributed by atoms with Gasteiger partial charge in [0.15, 0.2) is 6.29 Å². The van der Waals surface area contributed by atoms with Crippen molar-refractivity contribution in [2.75, 3.05) is 0 Å². The van der Waals surface area contributed by atoms with Gasteiger partial charge in [0.2, 0.25) is 0 Å². The molecule has 10 heavy (non-hydrogen) atoms. The third-order valence-electron chi connectivity index (χ3n) is 1.28. The topological polar surface area (TPSA) is 57.5 Å². The van der Waals surface area contributed by atoms with Crippen LogP contribution in [0.15, 0.2) is 0 Å². The lowest BCUT2D eigenvalue weighted by atomic mass is 10.1. The summed E-state index contributed by atoms with van der Waals surface area (Å²) >= 11 is 0. The predicted molar refractivity (Wildman–Crippen MR) is 37.4 cm³/mol. The van der Waals surface area contributed by atoms with Crippen LogP contribution in [0.4, 0.5) is 0 Å². The Kier molecular flexibility index (Phi) is 6.43. The number of hydrogen-bond donors (Lipinski definition) is 2. The maximum Gasteiger partial charge on any atom is 0.151 e. The number of carbonyl (C=O) groups is 1. The van der Waals surface area contributed by atoms with Gasteiger partial charge in [-0.25, -0.2) is 0 Å². The maximum absolute atomic E-state index is 9.80. The molecule has 3 heteroatoms. The summed E-state index contributed by atoms with van der Waals surface area (Å²) < 4.78 is 0. The highest BCUT2D eigenvalue weighted by atomic mass is 16.5. The van der Waals surface area contributed by atoms with Crippen molar-refractivity contribution in [2.24, 2.45) is 0 Å². The van der Waals surface area contributed by atoms with Crippen molar-refractivity contribution in [3.8, 4) is 0 Å². The third kappa shape index (κ3) is 7.59. The molecular formula is C7H14O3. The highest BCUT2D eigenvalue weighted by molar-refractivity contribution is 5.48. The van der Waals surface area contributed by atoms with Crippen LogP contribution in [0.25, 0.3) is 0 Å². The number of rotatable bonds is 6. The quantitative estimate of drug-likeness (QED) is 0.325. The molecule has 2 N–H and O–H groups in total. The minimum absolute atomic E-state index is 0.416. The molecule has 0 rings (SSSR count). The normalized spacial score (nSPS) is 10.3. The van der Waals surface area contributed by atoms with Crippen LogP contribution < -0.4 is 0 Å².